The molecule has 4 aromatic rings. The van der Waals surface area contributed by atoms with Gasteiger partial charge in [0.25, 0.3) is 5.56 Å². The van der Waals surface area contributed by atoms with E-state index in [0.717, 1.165) is 24.5 Å². The van der Waals surface area contributed by atoms with Crippen molar-refractivity contribution in [2.24, 2.45) is 5.10 Å². The minimum Gasteiger partial charge on any atom is -0.490 e. The van der Waals surface area contributed by atoms with Gasteiger partial charge in [-0.1, -0.05) is 53.9 Å². The minimum absolute atomic E-state index is 0.242. The third-order valence-corrected chi connectivity index (χ3v) is 7.33. The molecule has 0 fully saturated rings. The molecule has 0 bridgehead atoms. The van der Waals surface area contributed by atoms with Crippen molar-refractivity contribution < 1.29 is 9.47 Å². The Morgan fingerprint density at radius 2 is 1.71 bits per heavy atom. The molecule has 0 amide bonds. The molecule has 6 nitrogen and oxygen atoms in total. The highest BCUT2D eigenvalue weighted by molar-refractivity contribution is 9.11. The number of halogens is 4. The summed E-state index contributed by atoms with van der Waals surface area (Å²) in [6.45, 7) is 4.48. The van der Waals surface area contributed by atoms with E-state index in [1.165, 1.54) is 4.68 Å². The fourth-order valence-corrected chi connectivity index (χ4v) is 5.47. The van der Waals surface area contributed by atoms with Crippen molar-refractivity contribution in [2.45, 2.75) is 20.5 Å². The highest BCUT2D eigenvalue weighted by Crippen LogP contribution is 2.37. The number of ether oxygens (including phenoxy) is 2. The van der Waals surface area contributed by atoms with Crippen molar-refractivity contribution in [3.63, 3.8) is 0 Å². The zero-order valence-electron chi connectivity index (χ0n) is 18.7. The Bertz CT molecular complexity index is 1500. The summed E-state index contributed by atoms with van der Waals surface area (Å²) in [5.74, 6) is 1.65. The molecule has 0 aliphatic carbocycles. The van der Waals surface area contributed by atoms with Gasteiger partial charge in [0.05, 0.1) is 28.2 Å². The lowest BCUT2D eigenvalue weighted by molar-refractivity contribution is 0.267. The molecule has 0 atom stereocenters. The molecular formula is C25H19Br4N3O3. The summed E-state index contributed by atoms with van der Waals surface area (Å²) in [7, 11) is 0. The Kier molecular flexibility index (Phi) is 8.46. The smallest absolute Gasteiger partial charge is 0.282 e. The highest BCUT2D eigenvalue weighted by atomic mass is 79.9. The van der Waals surface area contributed by atoms with Gasteiger partial charge in [0, 0.05) is 19.0 Å². The number of aromatic nitrogens is 2. The fraction of sp³-hybridized carbons (Fsp3) is 0.160. The number of fused-ring (bicyclic) bond motifs is 1. The normalized spacial score (nSPS) is 11.4. The van der Waals surface area contributed by atoms with Crippen molar-refractivity contribution >= 4 is 80.8 Å². The maximum Gasteiger partial charge on any atom is 0.282 e. The van der Waals surface area contributed by atoms with E-state index in [1.54, 1.807) is 25.3 Å². The van der Waals surface area contributed by atoms with E-state index in [0.29, 0.717) is 45.9 Å². The van der Waals surface area contributed by atoms with Crippen molar-refractivity contribution in [1.29, 1.82) is 0 Å². The van der Waals surface area contributed by atoms with Gasteiger partial charge in [0.1, 0.15) is 12.4 Å². The van der Waals surface area contributed by atoms with Gasteiger partial charge < -0.3 is 9.47 Å². The van der Waals surface area contributed by atoms with Gasteiger partial charge in [0.15, 0.2) is 11.5 Å². The maximum atomic E-state index is 13.0. The van der Waals surface area contributed by atoms with Gasteiger partial charge in [-0.15, -0.1) is 0 Å². The molecule has 0 unspecified atom stereocenters. The van der Waals surface area contributed by atoms with E-state index in [-0.39, 0.29) is 5.56 Å². The number of benzene rings is 3. The van der Waals surface area contributed by atoms with Crippen molar-refractivity contribution in [3.8, 4) is 11.5 Å². The number of rotatable bonds is 7. The zero-order chi connectivity index (χ0) is 25.1. The second-order valence-corrected chi connectivity index (χ2v) is 11.0. The molecule has 1 heterocycles. The van der Waals surface area contributed by atoms with E-state index in [4.69, 9.17) is 9.47 Å². The number of hydrogen-bond donors (Lipinski definition) is 0. The van der Waals surface area contributed by atoms with Gasteiger partial charge in [-0.25, -0.2) is 4.98 Å². The van der Waals surface area contributed by atoms with E-state index in [9.17, 15) is 4.79 Å². The standard InChI is InChI=1S/C25H19Br4N3O3/c1-3-34-23-9-15(8-21(29)24(23)35-13-16-4-5-18(27)11-20(16)28)12-30-32-14(2)31-22-7-6-17(26)10-19(22)25(32)33/h4-12H,3,13H2,1-2H3. The molecule has 0 radical (unpaired) electrons. The van der Waals surface area contributed by atoms with Crippen LogP contribution in [0.25, 0.3) is 10.9 Å². The number of nitrogens with zero attached hydrogens (tertiary/aromatic N) is 3. The molecule has 4 rings (SSSR count). The topological polar surface area (TPSA) is 65.7 Å². The monoisotopic (exact) mass is 725 g/mol. The predicted molar refractivity (Wildman–Crippen MR) is 153 cm³/mol. The Morgan fingerprint density at radius 3 is 2.46 bits per heavy atom. The molecule has 0 aliphatic rings. The first-order valence-electron chi connectivity index (χ1n) is 10.5. The summed E-state index contributed by atoms with van der Waals surface area (Å²) in [6, 6.07) is 15.0. The molecule has 35 heavy (non-hydrogen) atoms. The summed E-state index contributed by atoms with van der Waals surface area (Å²) in [4.78, 5) is 17.5. The third-order valence-electron chi connectivity index (χ3n) is 5.01. The van der Waals surface area contributed by atoms with E-state index >= 15 is 0 Å². The van der Waals surface area contributed by atoms with Crippen LogP contribution in [-0.4, -0.2) is 22.5 Å². The first-order chi connectivity index (χ1) is 16.8. The van der Waals surface area contributed by atoms with Crippen LogP contribution in [-0.2, 0) is 6.61 Å². The molecular weight excluding hydrogens is 710 g/mol. The summed E-state index contributed by atoms with van der Waals surface area (Å²) >= 11 is 14.0. The lowest BCUT2D eigenvalue weighted by Gasteiger charge is -2.15. The molecule has 0 saturated carbocycles. The van der Waals surface area contributed by atoms with Crippen LogP contribution in [0.15, 0.2) is 76.3 Å². The zero-order valence-corrected chi connectivity index (χ0v) is 25.0. The number of aryl methyl sites for hydroxylation is 1. The second-order valence-electron chi connectivity index (χ2n) is 7.47. The Morgan fingerprint density at radius 1 is 0.971 bits per heavy atom. The Labute approximate surface area is 235 Å². The van der Waals surface area contributed by atoms with E-state index < -0.39 is 0 Å². The Hall–Kier alpha value is -2.01. The van der Waals surface area contributed by atoms with Crippen molar-refractivity contribution in [1.82, 2.24) is 9.66 Å². The average molecular weight is 729 g/mol. The molecule has 1 aromatic heterocycles. The van der Waals surface area contributed by atoms with Gasteiger partial charge in [-0.05, 0) is 77.8 Å². The van der Waals surface area contributed by atoms with Crippen LogP contribution in [0.1, 0.15) is 23.9 Å². The van der Waals surface area contributed by atoms with Crippen LogP contribution in [0.2, 0.25) is 0 Å². The molecule has 0 spiro atoms. The molecule has 0 N–H and O–H groups in total. The van der Waals surface area contributed by atoms with Gasteiger partial charge in [-0.2, -0.15) is 9.78 Å². The lowest BCUT2D eigenvalue weighted by Crippen LogP contribution is -2.20. The number of hydrogen-bond acceptors (Lipinski definition) is 5. The van der Waals surface area contributed by atoms with Gasteiger partial charge >= 0.3 is 0 Å². The fourth-order valence-electron chi connectivity index (χ4n) is 3.37. The molecule has 0 aliphatic heterocycles. The van der Waals surface area contributed by atoms with Gasteiger partial charge in [-0.3, -0.25) is 4.79 Å². The minimum atomic E-state index is -0.242. The van der Waals surface area contributed by atoms with Crippen LogP contribution >= 0.6 is 63.7 Å². The van der Waals surface area contributed by atoms with Crippen LogP contribution in [0, 0.1) is 6.92 Å². The lowest BCUT2D eigenvalue weighted by atomic mass is 10.2. The van der Waals surface area contributed by atoms with E-state index in [2.05, 4.69) is 73.8 Å². The third kappa shape index (κ3) is 6.04. The largest absolute Gasteiger partial charge is 0.490 e. The van der Waals surface area contributed by atoms with Crippen LogP contribution in [0.3, 0.4) is 0 Å². The first kappa shape index (κ1) is 26.1. The summed E-state index contributed by atoms with van der Waals surface area (Å²) in [6.07, 6.45) is 1.60. The quantitative estimate of drug-likeness (QED) is 0.184. The highest BCUT2D eigenvalue weighted by Gasteiger charge is 2.14. The molecule has 10 heteroatoms. The van der Waals surface area contributed by atoms with Crippen molar-refractivity contribution in [2.75, 3.05) is 6.61 Å². The maximum absolute atomic E-state index is 13.0. The molecule has 0 saturated heterocycles. The molecule has 180 valence electrons. The molecule has 3 aromatic carbocycles. The van der Waals surface area contributed by atoms with Crippen LogP contribution < -0.4 is 15.0 Å². The average Bonchev–Trinajstić information content (AvgIpc) is 2.80. The summed E-state index contributed by atoms with van der Waals surface area (Å²) in [5.41, 5.74) is 2.12. The van der Waals surface area contributed by atoms with E-state index in [1.807, 2.05) is 43.3 Å². The van der Waals surface area contributed by atoms with Gasteiger partial charge in [0.2, 0.25) is 0 Å². The SMILES string of the molecule is CCOc1cc(C=Nn2c(C)nc3ccc(Br)cc3c2=O)cc(Br)c1OCc1ccc(Br)cc1Br. The Balaban J connectivity index is 1.65. The second kappa shape index (κ2) is 11.4. The first-order valence-corrected chi connectivity index (χ1v) is 13.7. The summed E-state index contributed by atoms with van der Waals surface area (Å²) in [5, 5.41) is 4.90. The van der Waals surface area contributed by atoms with Crippen LogP contribution in [0.5, 0.6) is 11.5 Å². The van der Waals surface area contributed by atoms with Crippen LogP contribution in [0.4, 0.5) is 0 Å². The predicted octanol–water partition coefficient (Wildman–Crippen LogP) is 7.61. The summed E-state index contributed by atoms with van der Waals surface area (Å²) < 4.78 is 16.7. The van der Waals surface area contributed by atoms with Crippen molar-refractivity contribution in [3.05, 3.63) is 93.7 Å².